The van der Waals surface area contributed by atoms with E-state index in [1.807, 2.05) is 0 Å². The molecule has 0 saturated heterocycles. The van der Waals surface area contributed by atoms with Gasteiger partial charge in [0.15, 0.2) is 0 Å². The molecule has 0 heterocycles. The van der Waals surface area contributed by atoms with Crippen LogP contribution in [0.4, 0.5) is 0 Å². The number of nitrogens with zero attached hydrogens (tertiary/aromatic N) is 1. The zero-order valence-electron chi connectivity index (χ0n) is 12.7. The maximum atomic E-state index is 5.28. The highest BCUT2D eigenvalue weighted by atomic mass is 16.5. The summed E-state index contributed by atoms with van der Waals surface area (Å²) in [6.45, 7) is 6.50. The van der Waals surface area contributed by atoms with Crippen LogP contribution in [0.15, 0.2) is 0 Å². The van der Waals surface area contributed by atoms with Crippen LogP contribution in [0.25, 0.3) is 0 Å². The van der Waals surface area contributed by atoms with Crippen molar-refractivity contribution in [2.45, 2.75) is 70.5 Å². The lowest BCUT2D eigenvalue weighted by Crippen LogP contribution is -2.53. The van der Waals surface area contributed by atoms with E-state index >= 15 is 0 Å². The summed E-state index contributed by atoms with van der Waals surface area (Å²) in [4.78, 5) is 2.63. The van der Waals surface area contributed by atoms with Crippen LogP contribution in [0.3, 0.4) is 0 Å². The van der Waals surface area contributed by atoms with Gasteiger partial charge in [-0.1, -0.05) is 25.7 Å². The summed E-state index contributed by atoms with van der Waals surface area (Å²) in [5.74, 6) is 0. The molecule has 2 unspecified atom stereocenters. The Morgan fingerprint density at radius 2 is 1.83 bits per heavy atom. The Labute approximate surface area is 113 Å². The Hall–Kier alpha value is -0.120. The van der Waals surface area contributed by atoms with Crippen molar-refractivity contribution in [3.63, 3.8) is 0 Å². The average Bonchev–Trinajstić information content (AvgIpc) is 2.31. The number of methoxy groups -OCH3 is 1. The minimum Gasteiger partial charge on any atom is -0.383 e. The van der Waals surface area contributed by atoms with Crippen LogP contribution in [0.2, 0.25) is 0 Å². The molecule has 1 aliphatic rings. The fourth-order valence-electron chi connectivity index (χ4n) is 3.20. The van der Waals surface area contributed by atoms with Gasteiger partial charge in [-0.2, -0.15) is 0 Å². The molecule has 0 aromatic carbocycles. The Morgan fingerprint density at radius 1 is 1.17 bits per heavy atom. The third kappa shape index (κ3) is 4.87. The molecule has 3 nitrogen and oxygen atoms in total. The summed E-state index contributed by atoms with van der Waals surface area (Å²) >= 11 is 0. The molecule has 2 atom stereocenters. The smallest absolute Gasteiger partial charge is 0.0589 e. The van der Waals surface area contributed by atoms with Gasteiger partial charge in [0.25, 0.3) is 0 Å². The molecule has 1 saturated carbocycles. The van der Waals surface area contributed by atoms with Crippen LogP contribution in [0.5, 0.6) is 0 Å². The van der Waals surface area contributed by atoms with Crippen LogP contribution < -0.4 is 5.32 Å². The van der Waals surface area contributed by atoms with E-state index < -0.39 is 0 Å². The van der Waals surface area contributed by atoms with Gasteiger partial charge in [-0.05, 0) is 33.7 Å². The van der Waals surface area contributed by atoms with Gasteiger partial charge in [0.1, 0.15) is 0 Å². The summed E-state index contributed by atoms with van der Waals surface area (Å²) in [6, 6.07) is 1.91. The van der Waals surface area contributed by atoms with Crippen LogP contribution >= 0.6 is 0 Å². The van der Waals surface area contributed by atoms with Crippen molar-refractivity contribution in [1.29, 1.82) is 0 Å². The van der Waals surface area contributed by atoms with Crippen molar-refractivity contribution < 1.29 is 4.74 Å². The summed E-state index contributed by atoms with van der Waals surface area (Å²) < 4.78 is 5.28. The number of hydrogen-bond donors (Lipinski definition) is 1. The molecule has 1 rings (SSSR count). The third-order valence-electron chi connectivity index (χ3n) is 4.24. The Bertz CT molecular complexity index is 209. The normalized spacial score (nSPS) is 26.3. The molecule has 108 valence electrons. The monoisotopic (exact) mass is 256 g/mol. The molecule has 0 spiro atoms. The molecule has 0 radical (unpaired) electrons. The van der Waals surface area contributed by atoms with Gasteiger partial charge in [-0.15, -0.1) is 0 Å². The van der Waals surface area contributed by atoms with E-state index in [0.717, 1.165) is 13.2 Å². The van der Waals surface area contributed by atoms with Crippen LogP contribution in [-0.4, -0.2) is 50.3 Å². The zero-order chi connectivity index (χ0) is 13.4. The molecule has 0 aliphatic heterocycles. The van der Waals surface area contributed by atoms with Crippen molar-refractivity contribution in [2.24, 2.45) is 0 Å². The maximum absolute atomic E-state index is 5.28. The van der Waals surface area contributed by atoms with Crippen LogP contribution in [0.1, 0.15) is 52.4 Å². The quantitative estimate of drug-likeness (QED) is 0.791. The lowest BCUT2D eigenvalue weighted by molar-refractivity contribution is 0.0686. The molecule has 0 aromatic heterocycles. The van der Waals surface area contributed by atoms with E-state index in [0.29, 0.717) is 18.1 Å². The molecule has 1 fully saturated rings. The molecule has 0 amide bonds. The Kier molecular flexibility index (Phi) is 7.87. The third-order valence-corrected chi connectivity index (χ3v) is 4.24. The largest absolute Gasteiger partial charge is 0.383 e. The predicted octanol–water partition coefficient (Wildman–Crippen LogP) is 2.65. The molecule has 3 heteroatoms. The van der Waals surface area contributed by atoms with Gasteiger partial charge in [0.05, 0.1) is 6.61 Å². The molecule has 18 heavy (non-hydrogen) atoms. The number of nitrogens with one attached hydrogen (secondary N) is 1. The van der Waals surface area contributed by atoms with Crippen molar-refractivity contribution in [3.8, 4) is 0 Å². The number of rotatable bonds is 6. The number of hydrogen-bond acceptors (Lipinski definition) is 3. The first-order chi connectivity index (χ1) is 8.70. The molecule has 1 aliphatic carbocycles. The lowest BCUT2D eigenvalue weighted by Gasteiger charge is -2.40. The lowest BCUT2D eigenvalue weighted by atomic mass is 9.90. The van der Waals surface area contributed by atoms with Gasteiger partial charge in [0, 0.05) is 31.8 Å². The second kappa shape index (κ2) is 8.89. The fourth-order valence-corrected chi connectivity index (χ4v) is 3.20. The van der Waals surface area contributed by atoms with Gasteiger partial charge in [0.2, 0.25) is 0 Å². The van der Waals surface area contributed by atoms with E-state index in [1.165, 1.54) is 38.5 Å². The van der Waals surface area contributed by atoms with E-state index in [1.54, 1.807) is 7.11 Å². The standard InChI is InChI=1S/C15H32N2O/c1-13(2)17(11-12-18-4)15-10-8-6-5-7-9-14(15)16-3/h13-16H,5-12H2,1-4H3. The van der Waals surface area contributed by atoms with Crippen LogP contribution in [0, 0.1) is 0 Å². The number of likely N-dealkylation sites (N-methyl/N-ethyl adjacent to an activating group) is 1. The maximum Gasteiger partial charge on any atom is 0.0589 e. The second-order valence-corrected chi connectivity index (χ2v) is 5.78. The first-order valence-corrected chi connectivity index (χ1v) is 7.62. The molecule has 0 aromatic rings. The van der Waals surface area contributed by atoms with Crippen molar-refractivity contribution >= 4 is 0 Å². The van der Waals surface area contributed by atoms with Crippen molar-refractivity contribution in [2.75, 3.05) is 27.3 Å². The highest BCUT2D eigenvalue weighted by Crippen LogP contribution is 2.23. The molecule has 1 N–H and O–H groups in total. The van der Waals surface area contributed by atoms with Gasteiger partial charge in [-0.25, -0.2) is 0 Å². The van der Waals surface area contributed by atoms with E-state index in [-0.39, 0.29) is 0 Å². The minimum atomic E-state index is 0.598. The highest BCUT2D eigenvalue weighted by Gasteiger charge is 2.28. The van der Waals surface area contributed by atoms with E-state index in [9.17, 15) is 0 Å². The predicted molar refractivity (Wildman–Crippen MR) is 78.1 cm³/mol. The summed E-state index contributed by atoms with van der Waals surface area (Å²) in [5.41, 5.74) is 0. The van der Waals surface area contributed by atoms with E-state index in [2.05, 4.69) is 31.1 Å². The summed E-state index contributed by atoms with van der Waals surface area (Å²) in [7, 11) is 3.92. The van der Waals surface area contributed by atoms with E-state index in [4.69, 9.17) is 4.74 Å². The first kappa shape index (κ1) is 15.9. The highest BCUT2D eigenvalue weighted by molar-refractivity contribution is 4.86. The van der Waals surface area contributed by atoms with Gasteiger partial charge < -0.3 is 10.1 Å². The fraction of sp³-hybridized carbons (Fsp3) is 1.00. The topological polar surface area (TPSA) is 24.5 Å². The molecular weight excluding hydrogens is 224 g/mol. The molecular formula is C15H32N2O. The zero-order valence-corrected chi connectivity index (χ0v) is 12.7. The van der Waals surface area contributed by atoms with Crippen molar-refractivity contribution in [1.82, 2.24) is 10.2 Å². The minimum absolute atomic E-state index is 0.598. The van der Waals surface area contributed by atoms with Gasteiger partial charge >= 0.3 is 0 Å². The first-order valence-electron chi connectivity index (χ1n) is 7.62. The average molecular weight is 256 g/mol. The Balaban J connectivity index is 2.68. The SMILES string of the molecule is CNC1CCCCCCC1N(CCOC)C(C)C. The second-order valence-electron chi connectivity index (χ2n) is 5.78. The van der Waals surface area contributed by atoms with Gasteiger partial charge in [-0.3, -0.25) is 4.90 Å². The summed E-state index contributed by atoms with van der Waals surface area (Å²) in [5, 5.41) is 3.55. The molecule has 0 bridgehead atoms. The summed E-state index contributed by atoms with van der Waals surface area (Å²) in [6.07, 6.45) is 8.20. The Morgan fingerprint density at radius 3 is 2.39 bits per heavy atom. The number of ether oxygens (including phenoxy) is 1. The van der Waals surface area contributed by atoms with Crippen LogP contribution in [-0.2, 0) is 4.74 Å². The van der Waals surface area contributed by atoms with Crippen molar-refractivity contribution in [3.05, 3.63) is 0 Å².